The second kappa shape index (κ2) is 25.6. The smallest absolute Gasteiger partial charge is 0.380 e. The third-order valence-electron chi connectivity index (χ3n) is 13.1. The Morgan fingerprint density at radius 2 is 1.02 bits per heavy atom. The molecule has 2 fully saturated rings. The summed E-state index contributed by atoms with van der Waals surface area (Å²) in [6.45, 7) is 1.41. The Morgan fingerprint density at radius 3 is 1.46 bits per heavy atom. The number of phenols is 1. The van der Waals surface area contributed by atoms with Gasteiger partial charge in [-0.2, -0.15) is 30.6 Å². The molecular formula is C52H49Cl3N14O10S6. The van der Waals surface area contributed by atoms with E-state index in [9.17, 15) is 38.8 Å². The van der Waals surface area contributed by atoms with Gasteiger partial charge in [0.25, 0.3) is 9.24 Å². The molecule has 0 spiro atoms. The lowest BCUT2D eigenvalue weighted by Gasteiger charge is -2.32. The minimum Gasteiger partial charge on any atom is -0.508 e. The Bertz CT molecular complexity index is 4510. The largest absolute Gasteiger partial charge is 0.508 e. The van der Waals surface area contributed by atoms with Gasteiger partial charge in [0.05, 0.1) is 32.6 Å². The number of rotatable bonds is 14. The van der Waals surface area contributed by atoms with Crippen LogP contribution in [0, 0.1) is 0 Å². The van der Waals surface area contributed by atoms with Gasteiger partial charge in [-0.05, 0) is 111 Å². The number of thiazole rings is 2. The van der Waals surface area contributed by atoms with Crippen LogP contribution in [-0.4, -0.2) is 124 Å². The van der Waals surface area contributed by atoms with Crippen molar-refractivity contribution in [1.82, 2.24) is 47.3 Å². The average Bonchev–Trinajstić information content (AvgIpc) is 4.31. The molecule has 24 nitrogen and oxygen atoms in total. The number of halogens is 3. The highest BCUT2D eigenvalue weighted by Crippen LogP contribution is 2.37. The van der Waals surface area contributed by atoms with Crippen molar-refractivity contribution < 1.29 is 43.0 Å². The fourth-order valence-corrected chi connectivity index (χ4v) is 14.6. The van der Waals surface area contributed by atoms with Crippen molar-refractivity contribution in [3.8, 4) is 56.8 Å². The Balaban J connectivity index is 0.000000176. The average molecular weight is 1330 g/mol. The molecule has 8 heterocycles. The van der Waals surface area contributed by atoms with Crippen LogP contribution >= 0.6 is 56.6 Å². The summed E-state index contributed by atoms with van der Waals surface area (Å²) in [6.07, 6.45) is 10.0. The van der Waals surface area contributed by atoms with Crippen molar-refractivity contribution in [2.75, 3.05) is 36.8 Å². The fourth-order valence-electron chi connectivity index (χ4n) is 9.50. The Hall–Kier alpha value is -6.91. The Labute approximate surface area is 510 Å². The van der Waals surface area contributed by atoms with Crippen LogP contribution in [0.4, 0.5) is 11.9 Å². The van der Waals surface area contributed by atoms with E-state index >= 15 is 0 Å². The minimum atomic E-state index is -4.20. The van der Waals surface area contributed by atoms with E-state index in [1.165, 1.54) is 61.6 Å². The highest BCUT2D eigenvalue weighted by atomic mass is 35.7. The third-order valence-corrected chi connectivity index (χ3v) is 19.3. The van der Waals surface area contributed by atoms with Crippen LogP contribution < -0.4 is 25.1 Å². The second-order valence-corrected chi connectivity index (χ2v) is 28.9. The predicted octanol–water partition coefficient (Wildman–Crippen LogP) is 8.59. The van der Waals surface area contributed by atoms with E-state index in [1.807, 2.05) is 44.1 Å². The third kappa shape index (κ3) is 15.0. The molecule has 85 heavy (non-hydrogen) atoms. The van der Waals surface area contributed by atoms with E-state index in [1.54, 1.807) is 79.1 Å². The van der Waals surface area contributed by atoms with Crippen molar-refractivity contribution in [1.29, 1.82) is 0 Å². The number of piperidine rings is 2. The number of imidazole rings is 2. The van der Waals surface area contributed by atoms with Gasteiger partial charge in [-0.15, -0.1) is 22.7 Å². The van der Waals surface area contributed by atoms with Gasteiger partial charge in [-0.1, -0.05) is 47.5 Å². The predicted molar refractivity (Wildman–Crippen MR) is 327 cm³/mol. The topological polar surface area (TPSA) is 335 Å². The molecule has 0 bridgehead atoms. The molecule has 7 N–H and O–H groups in total. The van der Waals surface area contributed by atoms with Gasteiger partial charge < -0.3 is 19.9 Å². The van der Waals surface area contributed by atoms with Crippen LogP contribution in [0.5, 0.6) is 11.5 Å². The molecule has 33 heteroatoms. The molecule has 0 amide bonds. The van der Waals surface area contributed by atoms with Crippen molar-refractivity contribution in [2.45, 2.75) is 47.6 Å². The van der Waals surface area contributed by atoms with Gasteiger partial charge >= 0.3 is 10.3 Å². The van der Waals surface area contributed by atoms with Crippen LogP contribution in [0.1, 0.15) is 25.7 Å². The summed E-state index contributed by atoms with van der Waals surface area (Å²) < 4.78 is 106. The number of fused-ring (bicyclic) bond motifs is 2. The number of sulfonamides is 2. The lowest BCUT2D eigenvalue weighted by molar-refractivity contribution is 0.326. The summed E-state index contributed by atoms with van der Waals surface area (Å²) in [5.74, 6) is 0.957. The lowest BCUT2D eigenvalue weighted by Crippen LogP contribution is -2.45. The summed E-state index contributed by atoms with van der Waals surface area (Å²) in [5.41, 5.74) is 5.32. The van der Waals surface area contributed by atoms with E-state index in [2.05, 4.69) is 36.4 Å². The Kier molecular flexibility index (Phi) is 18.4. The van der Waals surface area contributed by atoms with E-state index < -0.39 is 39.6 Å². The number of phenolic OH excluding ortho intramolecular Hbond substituents is 1. The lowest BCUT2D eigenvalue weighted by atomic mass is 10.1. The normalized spacial score (nSPS) is 16.2. The quantitative estimate of drug-likeness (QED) is 0.0636. The summed E-state index contributed by atoms with van der Waals surface area (Å²) in [5, 5.41) is 30.6. The zero-order valence-electron chi connectivity index (χ0n) is 44.0. The zero-order chi connectivity index (χ0) is 60.3. The van der Waals surface area contributed by atoms with E-state index in [0.29, 0.717) is 93.4 Å². The van der Waals surface area contributed by atoms with Gasteiger partial charge in [-0.3, -0.25) is 8.80 Å². The number of nitrogens with zero attached hydrogens (tertiary/aromatic N) is 10. The molecule has 2 aliphatic rings. The maximum atomic E-state index is 13.2. The fraction of sp³-hybridized carbons (Fsp3) is 0.192. The highest BCUT2D eigenvalue weighted by molar-refractivity contribution is 8.11. The molecule has 0 unspecified atom stereocenters. The number of aromatic hydroxyl groups is 1. The van der Waals surface area contributed by atoms with Crippen LogP contribution in [0.2, 0.25) is 10.0 Å². The van der Waals surface area contributed by atoms with Gasteiger partial charge in [0.15, 0.2) is 9.92 Å². The van der Waals surface area contributed by atoms with Crippen LogP contribution in [0.3, 0.4) is 0 Å². The number of hydrogen-bond acceptors (Lipinski definition) is 20. The number of nitrogens with two attached hydrogens (primary N) is 2. The maximum absolute atomic E-state index is 13.2. The first-order valence-corrected chi connectivity index (χ1v) is 34.7. The van der Waals surface area contributed by atoms with Gasteiger partial charge in [0.1, 0.15) is 22.9 Å². The van der Waals surface area contributed by atoms with Crippen LogP contribution in [-0.2, 0) is 39.6 Å². The van der Waals surface area contributed by atoms with E-state index in [-0.39, 0.29) is 39.9 Å². The molecule has 2 saturated heterocycles. The number of benzene rings is 4. The minimum absolute atomic E-state index is 0.0535. The summed E-state index contributed by atoms with van der Waals surface area (Å²) >= 11 is 14.8. The van der Waals surface area contributed by atoms with E-state index in [4.69, 9.17) is 52.5 Å². The number of nitrogens with one attached hydrogen (secondary N) is 2. The molecule has 6 aromatic heterocycles. The van der Waals surface area contributed by atoms with Gasteiger partial charge in [0, 0.05) is 106 Å². The summed E-state index contributed by atoms with van der Waals surface area (Å²) in [7, 11) is -10.9. The molecule has 444 valence electrons. The molecular weight excluding hydrogens is 1280 g/mol. The second-order valence-electron chi connectivity index (χ2n) is 19.0. The molecule has 4 aromatic carbocycles. The first-order valence-electron chi connectivity index (χ1n) is 25.4. The molecule has 2 atom stereocenters. The first kappa shape index (κ1) is 61.2. The molecule has 12 rings (SSSR count). The molecule has 10 aromatic rings. The number of anilines is 2. The van der Waals surface area contributed by atoms with Crippen molar-refractivity contribution >= 4 is 118 Å². The summed E-state index contributed by atoms with van der Waals surface area (Å²) in [4.78, 5) is 29.8. The summed E-state index contributed by atoms with van der Waals surface area (Å²) in [6, 6.07) is 29.0. The first-order chi connectivity index (χ1) is 40.4. The van der Waals surface area contributed by atoms with Crippen molar-refractivity contribution in [3.05, 3.63) is 155 Å². The van der Waals surface area contributed by atoms with Gasteiger partial charge in [0.2, 0.25) is 31.9 Å². The zero-order valence-corrected chi connectivity index (χ0v) is 51.2. The SMILES string of the molecule is NS(=O)(=O)Cl.NS(=O)(=O)Oc1cccc(-c2nc3sccn3c2-c2ccnc(N[C@@H]3CCCN(S(=O)(=O)c4ccc(Cl)cc4)C3)n2)c1.O=S(=O)(c1ccc(Cl)cc1)N1CCC[C@@H](Nc2nccc(-c3c(-c4cccc(O)c4)nc4sccn34)n2)C1. The van der Waals surface area contributed by atoms with Crippen molar-refractivity contribution in [2.24, 2.45) is 10.3 Å². The molecule has 0 saturated carbocycles. The number of aromatic nitrogens is 8. The molecule has 2 aliphatic heterocycles. The standard InChI is InChI=1S/C26H24ClN7O5S3.C26H23ClN6O3S2.ClH2NO2S/c27-18-6-8-21(9-7-18)41(35,36)33-12-2-4-19(16-33)30-25-29-11-10-22(31-25)24-23(32-26-34(24)13-14-40-26)17-3-1-5-20(15-17)39-42(28,37)38;27-18-6-8-21(9-7-18)38(35,36)32-12-2-4-19(16-32)29-25-28-11-10-22(30-25)24-23(17-3-1-5-20(34)15-17)31-26-33(24)13-14-37-26;1-5(2,3)4/h1,3,5-11,13-15,19H,2,4,12,16H2,(H2,28,37,38)(H,29,30,31);1,3,5-11,13-15,19,34H,2,4,12,16H2,(H,28,29,30);(H2,2,3,4)/t2*19-;/m11./s1. The monoisotopic (exact) mass is 1330 g/mol. The number of hydrogen-bond donors (Lipinski definition) is 5. The van der Waals surface area contributed by atoms with Gasteiger partial charge in [-0.25, -0.2) is 51.9 Å². The van der Waals surface area contributed by atoms with Crippen molar-refractivity contribution in [3.63, 3.8) is 0 Å². The maximum Gasteiger partial charge on any atom is 0.380 e. The van der Waals surface area contributed by atoms with Crippen LogP contribution in [0.25, 0.3) is 55.2 Å². The van der Waals surface area contributed by atoms with E-state index in [0.717, 1.165) is 29.1 Å². The highest BCUT2D eigenvalue weighted by Gasteiger charge is 2.33. The van der Waals surface area contributed by atoms with Crippen LogP contribution in [0.15, 0.2) is 155 Å². The molecule has 0 aliphatic carbocycles. The molecule has 0 radical (unpaired) electrons. The Morgan fingerprint density at radius 1 is 0.588 bits per heavy atom.